The number of nitrogens with one attached hydrogen (secondary N) is 2. The van der Waals surface area contributed by atoms with Crippen LogP contribution < -0.4 is 5.32 Å². The molecule has 0 fully saturated rings. The highest BCUT2D eigenvalue weighted by molar-refractivity contribution is 6.28. The summed E-state index contributed by atoms with van der Waals surface area (Å²) in [6.07, 6.45) is 2.03. The molecule has 2 N–H and O–H groups in total. The van der Waals surface area contributed by atoms with Crippen LogP contribution in [0.1, 0.15) is 6.42 Å². The van der Waals surface area contributed by atoms with Gasteiger partial charge in [-0.1, -0.05) is 0 Å². The fourth-order valence-electron chi connectivity index (χ4n) is 1.22. The Bertz CT molecular complexity index is 457. The van der Waals surface area contributed by atoms with Crippen molar-refractivity contribution in [3.05, 3.63) is 11.5 Å². The zero-order valence-electron chi connectivity index (χ0n) is 7.80. The molecule has 0 bridgehead atoms. The first-order valence-electron chi connectivity index (χ1n) is 4.47. The molecule has 0 saturated heterocycles. The molecule has 0 amide bonds. The maximum atomic E-state index is 11.9. The van der Waals surface area contributed by atoms with Crippen molar-refractivity contribution in [2.24, 2.45) is 0 Å². The van der Waals surface area contributed by atoms with Gasteiger partial charge in [0.1, 0.15) is 5.82 Å². The molecule has 0 aliphatic rings. The van der Waals surface area contributed by atoms with Gasteiger partial charge in [-0.25, -0.2) is 0 Å². The summed E-state index contributed by atoms with van der Waals surface area (Å²) in [5.41, 5.74) is 0.567. The summed E-state index contributed by atoms with van der Waals surface area (Å²) in [4.78, 5) is 7.95. The molecule has 80 valence electrons. The minimum absolute atomic E-state index is 0.134. The second-order valence-corrected chi connectivity index (χ2v) is 3.28. The third-order valence-corrected chi connectivity index (χ3v) is 2.05. The summed E-state index contributed by atoms with van der Waals surface area (Å²) >= 11 is 5.71. The molecule has 2 aromatic rings. The first-order chi connectivity index (χ1) is 7.31. The van der Waals surface area contributed by atoms with Gasteiger partial charge in [0.05, 0.1) is 18.3 Å². The van der Waals surface area contributed by atoms with Crippen LogP contribution in [-0.4, -0.2) is 33.4 Å². The Kier molecular flexibility index (Phi) is 2.96. The Balaban J connectivity index is 2.27. The zero-order chi connectivity index (χ0) is 10.7. The molecule has 2 rings (SSSR count). The Morgan fingerprint density at radius 1 is 1.47 bits per heavy atom. The summed E-state index contributed by atoms with van der Waals surface area (Å²) in [7, 11) is 0. The van der Waals surface area contributed by atoms with Crippen LogP contribution >= 0.6 is 11.6 Å². The number of nitrogens with zero attached hydrogens (tertiary/aromatic N) is 3. The van der Waals surface area contributed by atoms with E-state index in [-0.39, 0.29) is 12.0 Å². The van der Waals surface area contributed by atoms with Crippen LogP contribution in [-0.2, 0) is 0 Å². The summed E-state index contributed by atoms with van der Waals surface area (Å²) in [5.74, 6) is 0.576. The summed E-state index contributed by atoms with van der Waals surface area (Å²) in [6, 6.07) is 0. The summed E-state index contributed by atoms with van der Waals surface area (Å²) in [6.45, 7) is 0.143. The number of rotatable bonds is 4. The van der Waals surface area contributed by atoms with E-state index < -0.39 is 0 Å². The SMILES string of the molecule is FCCCNc1nc(Cl)nc2[nH]ncc12. The van der Waals surface area contributed by atoms with Gasteiger partial charge >= 0.3 is 0 Å². The van der Waals surface area contributed by atoms with E-state index in [1.165, 1.54) is 0 Å². The Morgan fingerprint density at radius 3 is 3.13 bits per heavy atom. The smallest absolute Gasteiger partial charge is 0.226 e. The van der Waals surface area contributed by atoms with E-state index in [1.807, 2.05) is 0 Å². The highest BCUT2D eigenvalue weighted by atomic mass is 35.5. The summed E-state index contributed by atoms with van der Waals surface area (Å²) < 4.78 is 11.9. The van der Waals surface area contributed by atoms with Crippen molar-refractivity contribution >= 4 is 28.5 Å². The maximum Gasteiger partial charge on any atom is 0.226 e. The van der Waals surface area contributed by atoms with E-state index in [0.29, 0.717) is 24.4 Å². The topological polar surface area (TPSA) is 66.5 Å². The number of alkyl halides is 1. The molecular formula is C8H9ClFN5. The predicted molar refractivity (Wildman–Crippen MR) is 55.8 cm³/mol. The van der Waals surface area contributed by atoms with E-state index in [0.717, 1.165) is 5.39 Å². The largest absolute Gasteiger partial charge is 0.369 e. The van der Waals surface area contributed by atoms with Crippen molar-refractivity contribution in [1.29, 1.82) is 0 Å². The molecule has 0 aliphatic heterocycles. The van der Waals surface area contributed by atoms with Crippen molar-refractivity contribution in [3.8, 4) is 0 Å². The third-order valence-electron chi connectivity index (χ3n) is 1.89. The van der Waals surface area contributed by atoms with E-state index >= 15 is 0 Å². The highest BCUT2D eigenvalue weighted by Crippen LogP contribution is 2.19. The lowest BCUT2D eigenvalue weighted by molar-refractivity contribution is 0.481. The fraction of sp³-hybridized carbons (Fsp3) is 0.375. The zero-order valence-corrected chi connectivity index (χ0v) is 8.55. The molecule has 0 aromatic carbocycles. The molecule has 7 heteroatoms. The molecule has 15 heavy (non-hydrogen) atoms. The van der Waals surface area contributed by atoms with Gasteiger partial charge in [-0.3, -0.25) is 9.49 Å². The van der Waals surface area contributed by atoms with Crippen molar-refractivity contribution < 1.29 is 4.39 Å². The number of hydrogen-bond donors (Lipinski definition) is 2. The van der Waals surface area contributed by atoms with Crippen LogP contribution in [0.25, 0.3) is 11.0 Å². The van der Waals surface area contributed by atoms with Crippen molar-refractivity contribution in [2.45, 2.75) is 6.42 Å². The standard InChI is InChI=1S/C8H9ClFN5/c9-8-13-6(11-3-1-2-10)5-4-12-15-7(5)14-8/h4H,1-3H2,(H2,11,12,13,14,15). The van der Waals surface area contributed by atoms with Gasteiger partial charge in [0.15, 0.2) is 5.65 Å². The predicted octanol–water partition coefficient (Wildman–Crippen LogP) is 1.78. The molecular weight excluding hydrogens is 221 g/mol. The Morgan fingerprint density at radius 2 is 2.33 bits per heavy atom. The van der Waals surface area contributed by atoms with Crippen LogP contribution in [0.15, 0.2) is 6.20 Å². The summed E-state index contributed by atoms with van der Waals surface area (Å²) in [5, 5.41) is 10.4. The van der Waals surface area contributed by atoms with Gasteiger partial charge < -0.3 is 5.32 Å². The Hall–Kier alpha value is -1.43. The Labute approximate surface area is 90.1 Å². The molecule has 0 saturated carbocycles. The van der Waals surface area contributed by atoms with Crippen LogP contribution in [0.2, 0.25) is 5.28 Å². The number of halogens is 2. The number of aromatic amines is 1. The minimum atomic E-state index is -0.361. The van der Waals surface area contributed by atoms with Gasteiger partial charge in [-0.05, 0) is 18.0 Å². The molecule has 2 heterocycles. The molecule has 0 spiro atoms. The van der Waals surface area contributed by atoms with Gasteiger partial charge in [0.2, 0.25) is 5.28 Å². The number of hydrogen-bond acceptors (Lipinski definition) is 4. The first kappa shape index (κ1) is 10.1. The fourth-order valence-corrected chi connectivity index (χ4v) is 1.38. The first-order valence-corrected chi connectivity index (χ1v) is 4.85. The number of fused-ring (bicyclic) bond motifs is 1. The van der Waals surface area contributed by atoms with E-state index in [4.69, 9.17) is 11.6 Å². The van der Waals surface area contributed by atoms with Gasteiger partial charge in [-0.15, -0.1) is 0 Å². The number of H-pyrrole nitrogens is 1. The quantitative estimate of drug-likeness (QED) is 0.620. The van der Waals surface area contributed by atoms with E-state index in [1.54, 1.807) is 6.20 Å². The minimum Gasteiger partial charge on any atom is -0.369 e. The van der Waals surface area contributed by atoms with Crippen LogP contribution in [0.5, 0.6) is 0 Å². The normalized spacial score (nSPS) is 10.8. The average Bonchev–Trinajstić information content (AvgIpc) is 2.65. The second-order valence-electron chi connectivity index (χ2n) is 2.94. The van der Waals surface area contributed by atoms with Crippen molar-refractivity contribution in [3.63, 3.8) is 0 Å². The molecule has 0 radical (unpaired) electrons. The van der Waals surface area contributed by atoms with Crippen LogP contribution in [0.4, 0.5) is 10.2 Å². The lowest BCUT2D eigenvalue weighted by Gasteiger charge is -2.04. The second kappa shape index (κ2) is 4.39. The molecule has 2 aromatic heterocycles. The molecule has 0 unspecified atom stereocenters. The lowest BCUT2D eigenvalue weighted by atomic mass is 10.4. The third kappa shape index (κ3) is 2.15. The van der Waals surface area contributed by atoms with Gasteiger partial charge in [-0.2, -0.15) is 15.1 Å². The lowest BCUT2D eigenvalue weighted by Crippen LogP contribution is -2.05. The van der Waals surface area contributed by atoms with Gasteiger partial charge in [0, 0.05) is 6.54 Å². The molecule has 0 atom stereocenters. The molecule has 0 aliphatic carbocycles. The highest BCUT2D eigenvalue weighted by Gasteiger charge is 2.07. The number of anilines is 1. The van der Waals surface area contributed by atoms with E-state index in [2.05, 4.69) is 25.5 Å². The average molecular weight is 230 g/mol. The molecule has 5 nitrogen and oxygen atoms in total. The van der Waals surface area contributed by atoms with Gasteiger partial charge in [0.25, 0.3) is 0 Å². The van der Waals surface area contributed by atoms with Crippen LogP contribution in [0, 0.1) is 0 Å². The maximum absolute atomic E-state index is 11.9. The van der Waals surface area contributed by atoms with Crippen molar-refractivity contribution in [2.75, 3.05) is 18.5 Å². The number of aromatic nitrogens is 4. The monoisotopic (exact) mass is 229 g/mol. The van der Waals surface area contributed by atoms with Crippen LogP contribution in [0.3, 0.4) is 0 Å². The van der Waals surface area contributed by atoms with E-state index in [9.17, 15) is 4.39 Å². The van der Waals surface area contributed by atoms with Crippen molar-refractivity contribution in [1.82, 2.24) is 20.2 Å².